The maximum absolute atomic E-state index is 12.4. The summed E-state index contributed by atoms with van der Waals surface area (Å²) in [5, 5.41) is 12.3. The normalized spacial score (nSPS) is 15.2. The van der Waals surface area contributed by atoms with E-state index in [4.69, 9.17) is 16.7 Å². The first-order chi connectivity index (χ1) is 11.0. The van der Waals surface area contributed by atoms with Crippen LogP contribution in [-0.4, -0.2) is 23.5 Å². The third kappa shape index (κ3) is 5.54. The average molecular weight is 338 g/mol. The summed E-state index contributed by atoms with van der Waals surface area (Å²) < 4.78 is 0. The highest BCUT2D eigenvalue weighted by Gasteiger charge is 2.49. The number of halogens is 1. The molecule has 2 N–H and O–H groups in total. The lowest BCUT2D eigenvalue weighted by molar-refractivity contribution is -0.137. The van der Waals surface area contributed by atoms with Crippen molar-refractivity contribution in [2.24, 2.45) is 5.41 Å². The molecule has 1 aliphatic rings. The van der Waals surface area contributed by atoms with E-state index in [-0.39, 0.29) is 17.7 Å². The lowest BCUT2D eigenvalue weighted by Gasteiger charge is -2.16. The fraction of sp³-hybridized carbons (Fsp3) is 0.556. The van der Waals surface area contributed by atoms with Crippen LogP contribution in [0.15, 0.2) is 24.3 Å². The van der Waals surface area contributed by atoms with Crippen LogP contribution in [-0.2, 0) is 16.0 Å². The van der Waals surface area contributed by atoms with Gasteiger partial charge in [0.25, 0.3) is 0 Å². The van der Waals surface area contributed by atoms with Gasteiger partial charge in [-0.05, 0) is 43.7 Å². The summed E-state index contributed by atoms with van der Waals surface area (Å²) in [5.41, 5.74) is 0.768. The minimum Gasteiger partial charge on any atom is -0.481 e. The zero-order valence-corrected chi connectivity index (χ0v) is 14.1. The number of carbonyl (C=O) groups excluding carboxylic acids is 1. The summed E-state index contributed by atoms with van der Waals surface area (Å²) >= 11 is 6.19. The topological polar surface area (TPSA) is 66.4 Å². The molecule has 0 unspecified atom stereocenters. The Hall–Kier alpha value is -1.55. The first-order valence-corrected chi connectivity index (χ1v) is 8.65. The van der Waals surface area contributed by atoms with Gasteiger partial charge in [-0.25, -0.2) is 0 Å². The van der Waals surface area contributed by atoms with E-state index in [9.17, 15) is 9.59 Å². The molecule has 4 nitrogen and oxygen atoms in total. The maximum Gasteiger partial charge on any atom is 0.303 e. The van der Waals surface area contributed by atoms with Crippen LogP contribution in [0.1, 0.15) is 50.5 Å². The number of carbonyl (C=O) groups is 2. The van der Waals surface area contributed by atoms with Crippen LogP contribution < -0.4 is 5.32 Å². The van der Waals surface area contributed by atoms with Gasteiger partial charge < -0.3 is 10.4 Å². The number of hydrogen-bond donors (Lipinski definition) is 2. The van der Waals surface area contributed by atoms with E-state index in [0.29, 0.717) is 19.4 Å². The smallest absolute Gasteiger partial charge is 0.303 e. The van der Waals surface area contributed by atoms with Gasteiger partial charge in [-0.3, -0.25) is 9.59 Å². The van der Waals surface area contributed by atoms with Crippen LogP contribution in [0.25, 0.3) is 0 Å². The lowest BCUT2D eigenvalue weighted by atomic mass is 9.95. The molecule has 1 fully saturated rings. The largest absolute Gasteiger partial charge is 0.481 e. The molecule has 1 aliphatic carbocycles. The molecule has 1 aromatic rings. The van der Waals surface area contributed by atoms with Crippen molar-refractivity contribution in [2.75, 3.05) is 6.54 Å². The van der Waals surface area contributed by atoms with Gasteiger partial charge in [-0.15, -0.1) is 0 Å². The van der Waals surface area contributed by atoms with Crippen molar-refractivity contribution in [1.29, 1.82) is 0 Å². The quantitative estimate of drug-likeness (QED) is 0.638. The minimum absolute atomic E-state index is 0.128. The highest BCUT2D eigenvalue weighted by molar-refractivity contribution is 6.31. The number of amides is 1. The van der Waals surface area contributed by atoms with Crippen molar-refractivity contribution in [3.8, 4) is 0 Å². The summed E-state index contributed by atoms with van der Waals surface area (Å²) in [7, 11) is 0. The summed E-state index contributed by atoms with van der Waals surface area (Å²) in [5.74, 6) is -0.614. The molecule has 0 heterocycles. The van der Waals surface area contributed by atoms with Gasteiger partial charge in [-0.2, -0.15) is 0 Å². The van der Waals surface area contributed by atoms with E-state index in [1.165, 1.54) is 0 Å². The van der Waals surface area contributed by atoms with Crippen LogP contribution >= 0.6 is 11.6 Å². The van der Waals surface area contributed by atoms with Crippen LogP contribution in [0.4, 0.5) is 0 Å². The van der Waals surface area contributed by atoms with Crippen molar-refractivity contribution in [1.82, 2.24) is 5.32 Å². The molecule has 0 radical (unpaired) electrons. The predicted octanol–water partition coefficient (Wildman–Crippen LogP) is 3.81. The highest BCUT2D eigenvalue weighted by atomic mass is 35.5. The number of hydrogen-bond acceptors (Lipinski definition) is 2. The Morgan fingerprint density at radius 2 is 1.83 bits per heavy atom. The van der Waals surface area contributed by atoms with Gasteiger partial charge in [-0.1, -0.05) is 42.6 Å². The molecule has 23 heavy (non-hydrogen) atoms. The molecule has 5 heteroatoms. The monoisotopic (exact) mass is 337 g/mol. The minimum atomic E-state index is -0.742. The van der Waals surface area contributed by atoms with Crippen molar-refractivity contribution in [3.63, 3.8) is 0 Å². The molecule has 0 saturated heterocycles. The third-order valence-corrected chi connectivity index (χ3v) is 4.79. The van der Waals surface area contributed by atoms with E-state index in [1.807, 2.05) is 24.3 Å². The van der Waals surface area contributed by atoms with Crippen molar-refractivity contribution < 1.29 is 14.7 Å². The molecular formula is C18H24ClNO3. The number of unbranched alkanes of at least 4 members (excludes halogenated alkanes) is 3. The van der Waals surface area contributed by atoms with E-state index in [1.54, 1.807) is 0 Å². The molecule has 0 bridgehead atoms. The Morgan fingerprint density at radius 1 is 1.13 bits per heavy atom. The number of rotatable bonds is 10. The van der Waals surface area contributed by atoms with Gasteiger partial charge in [0, 0.05) is 18.0 Å². The zero-order valence-electron chi connectivity index (χ0n) is 13.3. The molecule has 2 rings (SSSR count). The van der Waals surface area contributed by atoms with E-state index < -0.39 is 5.97 Å². The molecule has 1 saturated carbocycles. The molecule has 0 spiro atoms. The fourth-order valence-corrected chi connectivity index (χ4v) is 2.99. The first kappa shape index (κ1) is 17.8. The van der Waals surface area contributed by atoms with Gasteiger partial charge >= 0.3 is 5.97 Å². The molecule has 1 aromatic carbocycles. The Bertz CT molecular complexity index is 555. The van der Waals surface area contributed by atoms with Gasteiger partial charge in [0.15, 0.2) is 0 Å². The average Bonchev–Trinajstić information content (AvgIpc) is 3.29. The maximum atomic E-state index is 12.4. The zero-order chi connectivity index (χ0) is 16.7. The molecule has 1 amide bonds. The number of carboxylic acids is 1. The summed E-state index contributed by atoms with van der Waals surface area (Å²) in [6.07, 6.45) is 6.22. The van der Waals surface area contributed by atoms with Gasteiger partial charge in [0.2, 0.25) is 5.91 Å². The lowest BCUT2D eigenvalue weighted by Crippen LogP contribution is -2.34. The Labute approximate surface area is 142 Å². The molecule has 0 atom stereocenters. The van der Waals surface area contributed by atoms with Gasteiger partial charge in [0.1, 0.15) is 0 Å². The number of aliphatic carboxylic acids is 1. The van der Waals surface area contributed by atoms with Crippen molar-refractivity contribution in [3.05, 3.63) is 34.9 Å². The molecule has 0 aliphatic heterocycles. The predicted molar refractivity (Wildman–Crippen MR) is 90.6 cm³/mol. The summed E-state index contributed by atoms with van der Waals surface area (Å²) in [6, 6.07) is 7.70. The van der Waals surface area contributed by atoms with Gasteiger partial charge in [0.05, 0.1) is 5.41 Å². The second-order valence-electron chi connectivity index (χ2n) is 6.36. The van der Waals surface area contributed by atoms with Crippen LogP contribution in [0.3, 0.4) is 0 Å². The van der Waals surface area contributed by atoms with E-state index in [2.05, 4.69) is 5.32 Å². The number of carboxylic acid groups (broad SMARTS) is 1. The molecule has 126 valence electrons. The van der Waals surface area contributed by atoms with Crippen molar-refractivity contribution in [2.45, 2.75) is 51.4 Å². The van der Waals surface area contributed by atoms with E-state index in [0.717, 1.165) is 42.7 Å². The van der Waals surface area contributed by atoms with Crippen LogP contribution in [0.5, 0.6) is 0 Å². The van der Waals surface area contributed by atoms with Crippen LogP contribution in [0.2, 0.25) is 5.02 Å². The first-order valence-electron chi connectivity index (χ1n) is 8.27. The Morgan fingerprint density at radius 3 is 2.48 bits per heavy atom. The fourth-order valence-electron chi connectivity index (χ4n) is 2.79. The third-order valence-electron chi connectivity index (χ3n) is 4.42. The SMILES string of the molecule is O=C(O)CCCCCCNC(=O)C1(Cc2ccccc2Cl)CC1. The second-order valence-corrected chi connectivity index (χ2v) is 6.77. The highest BCUT2D eigenvalue weighted by Crippen LogP contribution is 2.49. The molecule has 0 aromatic heterocycles. The second kappa shape index (κ2) is 8.34. The van der Waals surface area contributed by atoms with Crippen LogP contribution in [0, 0.1) is 5.41 Å². The number of benzene rings is 1. The van der Waals surface area contributed by atoms with Crippen molar-refractivity contribution >= 4 is 23.5 Å². The Balaban J connectivity index is 1.67. The number of nitrogens with one attached hydrogen (secondary N) is 1. The van der Waals surface area contributed by atoms with E-state index >= 15 is 0 Å². The Kier molecular flexibility index (Phi) is 6.46. The molecular weight excluding hydrogens is 314 g/mol. The standard InChI is InChI=1S/C18H24ClNO3/c19-15-8-5-4-7-14(15)13-18(10-11-18)17(23)20-12-6-2-1-3-9-16(21)22/h4-5,7-8H,1-3,6,9-13H2,(H,20,23)(H,21,22). The summed E-state index contributed by atoms with van der Waals surface area (Å²) in [4.78, 5) is 22.8. The summed E-state index contributed by atoms with van der Waals surface area (Å²) in [6.45, 7) is 0.663.